The van der Waals surface area contributed by atoms with Crippen molar-refractivity contribution in [3.8, 4) is 0 Å². The summed E-state index contributed by atoms with van der Waals surface area (Å²) in [4.78, 5) is 0. The molecule has 0 fully saturated rings. The number of hydrogen-bond acceptors (Lipinski definition) is 0. The Labute approximate surface area is 193 Å². The molecule has 3 aromatic carbocycles. The van der Waals surface area contributed by atoms with Crippen molar-refractivity contribution in [3.05, 3.63) is 130 Å². The molecule has 0 atom stereocenters. The van der Waals surface area contributed by atoms with E-state index in [-0.39, 0.29) is 0 Å². The summed E-state index contributed by atoms with van der Waals surface area (Å²) in [5.41, 5.74) is 1.89. The molecule has 3 aromatic rings. The van der Waals surface area contributed by atoms with Crippen molar-refractivity contribution in [2.75, 3.05) is 0 Å². The first-order valence-electron chi connectivity index (χ1n) is 10.3. The Morgan fingerprint density at radius 2 is 0.559 bits per heavy atom. The maximum atomic E-state index is 12.6. The van der Waals surface area contributed by atoms with Crippen LogP contribution >= 0.6 is 0 Å². The van der Waals surface area contributed by atoms with Gasteiger partial charge in [-0.1, -0.05) is 97.1 Å². The second-order valence-electron chi connectivity index (χ2n) is 7.34. The molecule has 0 bridgehead atoms. The molecule has 0 spiro atoms. The third-order valence-electron chi connectivity index (χ3n) is 4.79. The summed E-state index contributed by atoms with van der Waals surface area (Å²) in [6.07, 6.45) is 5.61. The molecule has 174 valence electrons. The van der Waals surface area contributed by atoms with Gasteiger partial charge in [0.25, 0.3) is 0 Å². The van der Waals surface area contributed by atoms with E-state index in [9.17, 15) is 26.3 Å². The minimum absolute atomic E-state index is 0.669. The standard InChI is InChI=1S/C28H20F6/c29-27(30,31)25-17-13-23(14-18-25)7-3-1-5-21-9-11-22(12-10-21)6-2-4-8-24-15-19-26(20-16-24)28(32,33)34/h1-20H/b5-1+,6-2+,7-3+,8-4+. The molecule has 0 nitrogen and oxygen atoms in total. The maximum Gasteiger partial charge on any atom is 0.416 e. The van der Waals surface area contributed by atoms with Crippen LogP contribution in [0.4, 0.5) is 26.3 Å². The molecule has 0 saturated carbocycles. The van der Waals surface area contributed by atoms with Crippen molar-refractivity contribution >= 4 is 24.3 Å². The Hall–Kier alpha value is -3.80. The van der Waals surface area contributed by atoms with E-state index in [0.29, 0.717) is 11.1 Å². The highest BCUT2D eigenvalue weighted by Gasteiger charge is 2.30. The molecule has 0 heterocycles. The first-order chi connectivity index (χ1) is 16.1. The Kier molecular flexibility index (Phi) is 7.95. The fourth-order valence-corrected chi connectivity index (χ4v) is 2.95. The Morgan fingerprint density at radius 1 is 0.353 bits per heavy atom. The second kappa shape index (κ2) is 10.9. The zero-order valence-electron chi connectivity index (χ0n) is 17.8. The minimum Gasteiger partial charge on any atom is -0.166 e. The predicted molar refractivity (Wildman–Crippen MR) is 125 cm³/mol. The molecule has 0 aliphatic carbocycles. The van der Waals surface area contributed by atoms with Crippen LogP contribution in [0.25, 0.3) is 24.3 Å². The molecule has 34 heavy (non-hydrogen) atoms. The number of allylic oxidation sites excluding steroid dienone is 4. The van der Waals surface area contributed by atoms with Crippen LogP contribution in [0.5, 0.6) is 0 Å². The summed E-state index contributed by atoms with van der Waals surface area (Å²) in [6, 6.07) is 17.5. The van der Waals surface area contributed by atoms with Crippen molar-refractivity contribution in [2.45, 2.75) is 12.4 Å². The fraction of sp³-hybridized carbons (Fsp3) is 0.0714. The van der Waals surface area contributed by atoms with E-state index >= 15 is 0 Å². The lowest BCUT2D eigenvalue weighted by molar-refractivity contribution is -0.138. The van der Waals surface area contributed by atoms with E-state index in [1.165, 1.54) is 24.3 Å². The SMILES string of the molecule is FC(F)(F)c1ccc(/C=C/C=C/c2ccc(/C=C/C=C/c3ccc(C(F)(F)F)cc3)cc2)cc1. The van der Waals surface area contributed by atoms with E-state index in [1.807, 2.05) is 36.4 Å². The van der Waals surface area contributed by atoms with Crippen LogP contribution in [-0.4, -0.2) is 0 Å². The highest BCUT2D eigenvalue weighted by atomic mass is 19.4. The van der Waals surface area contributed by atoms with Crippen LogP contribution in [0.3, 0.4) is 0 Å². The molecule has 6 heteroatoms. The van der Waals surface area contributed by atoms with E-state index in [1.54, 1.807) is 36.5 Å². The van der Waals surface area contributed by atoms with Crippen LogP contribution in [0.15, 0.2) is 97.1 Å². The van der Waals surface area contributed by atoms with Crippen LogP contribution in [-0.2, 0) is 12.4 Å². The number of rotatable bonds is 6. The van der Waals surface area contributed by atoms with Gasteiger partial charge in [0.05, 0.1) is 11.1 Å². The third-order valence-corrected chi connectivity index (χ3v) is 4.79. The van der Waals surface area contributed by atoms with E-state index in [4.69, 9.17) is 0 Å². The van der Waals surface area contributed by atoms with E-state index in [2.05, 4.69) is 0 Å². The molecule has 0 amide bonds. The van der Waals surface area contributed by atoms with Gasteiger partial charge in [0.2, 0.25) is 0 Å². The quantitative estimate of drug-likeness (QED) is 0.249. The number of alkyl halides is 6. The lowest BCUT2D eigenvalue weighted by Gasteiger charge is -2.05. The first kappa shape index (κ1) is 24.8. The van der Waals surface area contributed by atoms with Gasteiger partial charge in [-0.25, -0.2) is 0 Å². The molecule has 0 saturated heterocycles. The van der Waals surface area contributed by atoms with Gasteiger partial charge in [-0.15, -0.1) is 0 Å². The molecule has 0 unspecified atom stereocenters. The van der Waals surface area contributed by atoms with E-state index in [0.717, 1.165) is 35.4 Å². The summed E-state index contributed by atoms with van der Waals surface area (Å²) >= 11 is 0. The lowest BCUT2D eigenvalue weighted by atomic mass is 10.1. The maximum absolute atomic E-state index is 12.6. The summed E-state index contributed by atoms with van der Waals surface area (Å²) in [5.74, 6) is 0. The average Bonchev–Trinajstić information content (AvgIpc) is 2.80. The van der Waals surface area contributed by atoms with Gasteiger partial charge in [-0.2, -0.15) is 26.3 Å². The summed E-state index contributed by atoms with van der Waals surface area (Å²) in [6.45, 7) is 0. The van der Waals surface area contributed by atoms with Gasteiger partial charge in [0.1, 0.15) is 0 Å². The van der Waals surface area contributed by atoms with Crippen LogP contribution in [0, 0.1) is 0 Å². The van der Waals surface area contributed by atoms with Crippen molar-refractivity contribution in [1.29, 1.82) is 0 Å². The number of benzene rings is 3. The molecule has 3 rings (SSSR count). The Morgan fingerprint density at radius 3 is 0.765 bits per heavy atom. The van der Waals surface area contributed by atoms with E-state index < -0.39 is 23.5 Å². The smallest absolute Gasteiger partial charge is 0.166 e. The lowest BCUT2D eigenvalue weighted by Crippen LogP contribution is -2.03. The van der Waals surface area contributed by atoms with Crippen LogP contribution in [0.2, 0.25) is 0 Å². The number of hydrogen-bond donors (Lipinski definition) is 0. The Balaban J connectivity index is 1.51. The molecule has 0 radical (unpaired) electrons. The summed E-state index contributed by atoms with van der Waals surface area (Å²) in [5, 5.41) is 0. The van der Waals surface area contributed by atoms with Crippen molar-refractivity contribution in [3.63, 3.8) is 0 Å². The van der Waals surface area contributed by atoms with Crippen molar-refractivity contribution in [2.24, 2.45) is 0 Å². The Bertz CT molecular complexity index is 1080. The highest BCUT2D eigenvalue weighted by Crippen LogP contribution is 2.30. The van der Waals surface area contributed by atoms with Crippen molar-refractivity contribution < 1.29 is 26.3 Å². The number of halogens is 6. The average molecular weight is 470 g/mol. The normalized spacial score (nSPS) is 13.1. The zero-order chi connectivity index (χ0) is 24.6. The summed E-state index contributed by atoms with van der Waals surface area (Å²) in [7, 11) is 0. The molecule has 0 aliphatic rings. The largest absolute Gasteiger partial charge is 0.416 e. The topological polar surface area (TPSA) is 0 Å². The summed E-state index contributed by atoms with van der Waals surface area (Å²) < 4.78 is 75.5. The monoisotopic (exact) mass is 470 g/mol. The molecular weight excluding hydrogens is 450 g/mol. The fourth-order valence-electron chi connectivity index (χ4n) is 2.95. The van der Waals surface area contributed by atoms with Gasteiger partial charge >= 0.3 is 12.4 Å². The van der Waals surface area contributed by atoms with Crippen LogP contribution < -0.4 is 0 Å². The first-order valence-corrected chi connectivity index (χ1v) is 10.3. The van der Waals surface area contributed by atoms with Gasteiger partial charge in [-0.05, 0) is 46.5 Å². The van der Waals surface area contributed by atoms with Gasteiger partial charge in [-0.3, -0.25) is 0 Å². The molecule has 0 aromatic heterocycles. The van der Waals surface area contributed by atoms with Gasteiger partial charge < -0.3 is 0 Å². The zero-order valence-corrected chi connectivity index (χ0v) is 17.8. The second-order valence-corrected chi connectivity index (χ2v) is 7.34. The third kappa shape index (κ3) is 7.66. The van der Waals surface area contributed by atoms with Crippen molar-refractivity contribution in [1.82, 2.24) is 0 Å². The highest BCUT2D eigenvalue weighted by molar-refractivity contribution is 5.61. The van der Waals surface area contributed by atoms with Gasteiger partial charge in [0.15, 0.2) is 0 Å². The molecular formula is C28H20F6. The minimum atomic E-state index is -4.34. The van der Waals surface area contributed by atoms with Crippen LogP contribution in [0.1, 0.15) is 33.4 Å². The molecule has 0 N–H and O–H groups in total. The van der Waals surface area contributed by atoms with Gasteiger partial charge in [0, 0.05) is 0 Å². The predicted octanol–water partition coefficient (Wildman–Crippen LogP) is 9.18. The molecule has 0 aliphatic heterocycles.